The predicted molar refractivity (Wildman–Crippen MR) is 116 cm³/mol. The molecule has 0 bridgehead atoms. The van der Waals surface area contributed by atoms with E-state index in [0.717, 1.165) is 12.3 Å². The average molecular weight is 468 g/mol. The van der Waals surface area contributed by atoms with Gasteiger partial charge >= 0.3 is 10.1 Å². The lowest BCUT2D eigenvalue weighted by Crippen LogP contribution is -2.52. The van der Waals surface area contributed by atoms with Gasteiger partial charge in [0.15, 0.2) is 0 Å². The molecular weight excluding hydrogens is 444 g/mol. The Hall–Kier alpha value is -3.19. The van der Waals surface area contributed by atoms with Crippen molar-refractivity contribution in [1.29, 1.82) is 5.41 Å². The summed E-state index contributed by atoms with van der Waals surface area (Å²) in [5.41, 5.74) is 0.276. The van der Waals surface area contributed by atoms with Gasteiger partial charge in [-0.25, -0.2) is 23.7 Å². The van der Waals surface area contributed by atoms with Gasteiger partial charge in [0.2, 0.25) is 0 Å². The molecule has 10 nitrogen and oxygen atoms in total. The van der Waals surface area contributed by atoms with Crippen LogP contribution in [0.1, 0.15) is 5.82 Å². The van der Waals surface area contributed by atoms with E-state index >= 15 is 0 Å². The lowest BCUT2D eigenvalue weighted by Gasteiger charge is -2.40. The second-order valence-electron chi connectivity index (χ2n) is 7.23. The lowest BCUT2D eigenvalue weighted by molar-refractivity contribution is 0.202. The smallest absolute Gasteiger partial charge is 0.305 e. The number of alkyl halides is 2. The highest BCUT2D eigenvalue weighted by molar-refractivity contribution is 7.86. The number of imidazole rings is 1. The Kier molecular flexibility index (Phi) is 6.99. The maximum absolute atomic E-state index is 12.4. The molecule has 0 aromatic carbocycles. The summed E-state index contributed by atoms with van der Waals surface area (Å²) in [5, 5.41) is 7.16. The summed E-state index contributed by atoms with van der Waals surface area (Å²) in [4.78, 5) is 19.5. The van der Waals surface area contributed by atoms with E-state index in [1.165, 1.54) is 18.6 Å². The molecule has 0 saturated carbocycles. The average Bonchev–Trinajstić information content (AvgIpc) is 3.20. The largest absolute Gasteiger partial charge is 0.386 e. The van der Waals surface area contributed by atoms with Gasteiger partial charge in [-0.15, -0.1) is 0 Å². The second-order valence-corrected chi connectivity index (χ2v) is 8.80. The summed E-state index contributed by atoms with van der Waals surface area (Å²) in [6, 6.07) is 1.39. The number of hydrogen-bond donors (Lipinski definition) is 2. The quantitative estimate of drug-likeness (QED) is 0.342. The van der Waals surface area contributed by atoms with Gasteiger partial charge in [0.1, 0.15) is 23.7 Å². The van der Waals surface area contributed by atoms with Crippen LogP contribution < -0.4 is 4.90 Å². The van der Waals surface area contributed by atoms with Gasteiger partial charge in [-0.2, -0.15) is 8.42 Å². The van der Waals surface area contributed by atoms with Crippen molar-refractivity contribution in [3.8, 4) is 11.4 Å². The zero-order valence-electron chi connectivity index (χ0n) is 17.5. The molecular formula is C19H23F2N7O3S. The molecule has 1 aliphatic rings. The van der Waals surface area contributed by atoms with E-state index in [9.17, 15) is 17.2 Å². The van der Waals surface area contributed by atoms with Crippen molar-refractivity contribution >= 4 is 27.7 Å². The number of hydrogen-bond acceptors (Lipinski definition) is 9. The van der Waals surface area contributed by atoms with Crippen molar-refractivity contribution in [3.05, 3.63) is 42.8 Å². The number of halogens is 2. The maximum Gasteiger partial charge on any atom is 0.305 e. The first-order valence-corrected chi connectivity index (χ1v) is 11.3. The van der Waals surface area contributed by atoms with E-state index in [1.807, 2.05) is 16.8 Å². The van der Waals surface area contributed by atoms with E-state index in [0.29, 0.717) is 42.7 Å². The number of aromatic amines is 1. The Balaban J connectivity index is 1.76. The lowest BCUT2D eigenvalue weighted by atomic mass is 10.1. The predicted octanol–water partition coefficient (Wildman–Crippen LogP) is 1.78. The Morgan fingerprint density at radius 3 is 2.81 bits per heavy atom. The summed E-state index contributed by atoms with van der Waals surface area (Å²) in [6.07, 6.45) is 3.29. The molecule has 32 heavy (non-hydrogen) atoms. The molecule has 1 saturated heterocycles. The summed E-state index contributed by atoms with van der Waals surface area (Å²) in [5.74, 6) is 1.05. The van der Waals surface area contributed by atoms with Gasteiger partial charge in [-0.05, 0) is 19.2 Å². The van der Waals surface area contributed by atoms with Gasteiger partial charge in [-0.3, -0.25) is 10.3 Å². The number of anilines is 1. The molecule has 0 aliphatic carbocycles. The number of aromatic nitrogens is 4. The highest BCUT2D eigenvalue weighted by Crippen LogP contribution is 2.24. The molecule has 2 aromatic rings. The molecule has 2 aromatic heterocycles. The molecule has 13 heteroatoms. The van der Waals surface area contributed by atoms with Crippen LogP contribution in [0.5, 0.6) is 0 Å². The van der Waals surface area contributed by atoms with Crippen molar-refractivity contribution in [1.82, 2.24) is 24.8 Å². The zero-order chi connectivity index (χ0) is 23.5. The van der Waals surface area contributed by atoms with Gasteiger partial charge in [0, 0.05) is 25.7 Å². The molecule has 1 fully saturated rings. The topological polar surface area (TPSA) is 128 Å². The summed E-state index contributed by atoms with van der Waals surface area (Å²) < 4.78 is 52.8. The second kappa shape index (κ2) is 9.53. The molecule has 2 N–H and O–H groups in total. The number of rotatable bonds is 8. The van der Waals surface area contributed by atoms with E-state index in [-0.39, 0.29) is 11.8 Å². The minimum Gasteiger partial charge on any atom is -0.386 e. The Morgan fingerprint density at radius 1 is 1.38 bits per heavy atom. The van der Waals surface area contributed by atoms with Crippen LogP contribution in [0, 0.1) is 5.41 Å². The van der Waals surface area contributed by atoms with Crippen molar-refractivity contribution in [3.63, 3.8) is 0 Å². The fraction of sp³-hybridized carbons (Fsp3) is 0.368. The Morgan fingerprint density at radius 2 is 2.12 bits per heavy atom. The van der Waals surface area contributed by atoms with Gasteiger partial charge < -0.3 is 14.1 Å². The first-order chi connectivity index (χ1) is 15.0. The number of likely N-dealkylation sites (N-methyl/N-ethyl adjacent to an activating group) is 1. The number of nitrogens with one attached hydrogen (secondary N) is 2. The van der Waals surface area contributed by atoms with Crippen LogP contribution in [0.2, 0.25) is 0 Å². The first-order valence-electron chi connectivity index (χ1n) is 9.49. The van der Waals surface area contributed by atoms with E-state index in [4.69, 9.17) is 9.59 Å². The van der Waals surface area contributed by atoms with Gasteiger partial charge in [-0.1, -0.05) is 6.58 Å². The van der Waals surface area contributed by atoms with Crippen LogP contribution in [0.4, 0.5) is 14.6 Å². The SMILES string of the molecule is C=C(OS(C)(=O)=O)[C@@H]1CN(c2cc(-c3cnc(/C=C\C(=N)C(F)F)[nH]3)ncn2)CCN1C. The third-order valence-electron chi connectivity index (χ3n) is 4.78. The van der Waals surface area contributed by atoms with E-state index in [2.05, 4.69) is 26.5 Å². The monoisotopic (exact) mass is 467 g/mol. The highest BCUT2D eigenvalue weighted by Gasteiger charge is 2.30. The molecule has 3 rings (SSSR count). The first kappa shape index (κ1) is 23.5. The Bertz CT molecular complexity index is 1130. The van der Waals surface area contributed by atoms with Crippen LogP contribution in [-0.2, 0) is 14.3 Å². The summed E-state index contributed by atoms with van der Waals surface area (Å²) in [7, 11) is -1.82. The van der Waals surface area contributed by atoms with Crippen molar-refractivity contribution in [2.24, 2.45) is 0 Å². The van der Waals surface area contributed by atoms with Crippen LogP contribution >= 0.6 is 0 Å². The van der Waals surface area contributed by atoms with E-state index in [1.54, 1.807) is 6.07 Å². The van der Waals surface area contributed by atoms with Crippen molar-refractivity contribution in [2.45, 2.75) is 12.5 Å². The fourth-order valence-corrected chi connectivity index (χ4v) is 3.64. The zero-order valence-corrected chi connectivity index (χ0v) is 18.3. The fourth-order valence-electron chi connectivity index (χ4n) is 3.14. The minimum atomic E-state index is -3.68. The minimum absolute atomic E-state index is 0.133. The van der Waals surface area contributed by atoms with Crippen molar-refractivity contribution < 1.29 is 21.4 Å². The summed E-state index contributed by atoms with van der Waals surface area (Å²) in [6.45, 7) is 5.45. The third-order valence-corrected chi connectivity index (χ3v) is 5.30. The molecule has 1 atom stereocenters. The van der Waals surface area contributed by atoms with Crippen LogP contribution in [0.3, 0.4) is 0 Å². The molecule has 0 radical (unpaired) electrons. The summed E-state index contributed by atoms with van der Waals surface area (Å²) >= 11 is 0. The molecule has 3 heterocycles. The number of allylic oxidation sites excluding steroid dienone is 1. The normalized spacial score (nSPS) is 17.8. The molecule has 0 amide bonds. The van der Waals surface area contributed by atoms with Crippen LogP contribution in [-0.4, -0.2) is 84.4 Å². The Labute approximate surface area is 184 Å². The molecule has 0 unspecified atom stereocenters. The molecule has 0 spiro atoms. The third kappa shape index (κ3) is 5.95. The van der Waals surface area contributed by atoms with Gasteiger partial charge in [0.25, 0.3) is 6.43 Å². The number of piperazine rings is 1. The molecule has 172 valence electrons. The van der Waals surface area contributed by atoms with Crippen LogP contribution in [0.25, 0.3) is 17.5 Å². The number of nitrogens with zero attached hydrogens (tertiary/aromatic N) is 5. The maximum atomic E-state index is 12.4. The molecule has 1 aliphatic heterocycles. The van der Waals surface area contributed by atoms with E-state index < -0.39 is 22.3 Å². The number of H-pyrrole nitrogens is 1. The van der Waals surface area contributed by atoms with Gasteiger partial charge in [0.05, 0.1) is 35.6 Å². The van der Waals surface area contributed by atoms with Crippen molar-refractivity contribution in [2.75, 3.05) is 37.8 Å². The van der Waals surface area contributed by atoms with Crippen LogP contribution in [0.15, 0.2) is 37.0 Å². The standard InChI is InChI=1S/C19H23F2N7O3S/c1-12(31-32(3,29)30)16-10-28(7-6-27(16)2)18-8-14(24-11-25-18)15-9-23-17(26-15)5-4-13(22)19(20)21/h4-5,8-9,11,16,19,22H,1,6-7,10H2,2-3H3,(H,23,26)/b5-4-,22-13?/t16-/m0/s1. The highest BCUT2D eigenvalue weighted by atomic mass is 32.2.